The van der Waals surface area contributed by atoms with Gasteiger partial charge in [0.2, 0.25) is 0 Å². The second-order valence-corrected chi connectivity index (χ2v) is 6.61. The molecular weight excluding hydrogens is 328 g/mol. The molecule has 1 amide bonds. The normalized spacial score (nSPS) is 16.4. The highest BCUT2D eigenvalue weighted by Gasteiger charge is 2.32. The summed E-state index contributed by atoms with van der Waals surface area (Å²) >= 11 is 0. The molecule has 2 aliphatic rings. The van der Waals surface area contributed by atoms with E-state index >= 15 is 0 Å². The quantitative estimate of drug-likeness (QED) is 0.729. The van der Waals surface area contributed by atoms with Gasteiger partial charge in [0.25, 0.3) is 5.91 Å². The van der Waals surface area contributed by atoms with E-state index in [-0.39, 0.29) is 5.91 Å². The summed E-state index contributed by atoms with van der Waals surface area (Å²) in [5.41, 5.74) is 3.32. The van der Waals surface area contributed by atoms with Crippen molar-refractivity contribution < 1.29 is 4.79 Å². The molecule has 2 aliphatic heterocycles. The third-order valence-electron chi connectivity index (χ3n) is 4.97. The van der Waals surface area contributed by atoms with Crippen molar-refractivity contribution in [3.8, 4) is 5.82 Å². The lowest BCUT2D eigenvalue weighted by molar-refractivity contribution is 0.0996. The molecule has 0 radical (unpaired) electrons. The summed E-state index contributed by atoms with van der Waals surface area (Å²) in [5, 5.41) is 4.57. The van der Waals surface area contributed by atoms with Crippen LogP contribution < -0.4 is 9.80 Å². The molecule has 5 heterocycles. The smallest absolute Gasteiger partial charge is 0.262 e. The molecule has 5 rings (SSSR count). The van der Waals surface area contributed by atoms with E-state index < -0.39 is 0 Å². The first-order valence-electron chi connectivity index (χ1n) is 8.81. The van der Waals surface area contributed by atoms with Crippen molar-refractivity contribution in [3.63, 3.8) is 0 Å². The Morgan fingerprint density at radius 3 is 2.58 bits per heavy atom. The van der Waals surface area contributed by atoms with Crippen LogP contribution >= 0.6 is 0 Å². The molecule has 0 bridgehead atoms. The van der Waals surface area contributed by atoms with Crippen molar-refractivity contribution >= 4 is 17.3 Å². The Morgan fingerprint density at radius 1 is 1.00 bits per heavy atom. The van der Waals surface area contributed by atoms with Crippen LogP contribution in [0, 0.1) is 0 Å². The van der Waals surface area contributed by atoms with Crippen molar-refractivity contribution in [1.82, 2.24) is 19.7 Å². The Hall–Kier alpha value is -3.22. The van der Waals surface area contributed by atoms with Gasteiger partial charge in [-0.2, -0.15) is 5.10 Å². The van der Waals surface area contributed by atoms with Gasteiger partial charge in [0.05, 0.1) is 41.6 Å². The van der Waals surface area contributed by atoms with Gasteiger partial charge in [-0.3, -0.25) is 9.78 Å². The summed E-state index contributed by atoms with van der Waals surface area (Å²) in [7, 11) is 0. The zero-order chi connectivity index (χ0) is 17.5. The summed E-state index contributed by atoms with van der Waals surface area (Å²) in [6, 6.07) is 7.73. The van der Waals surface area contributed by atoms with Gasteiger partial charge in [0, 0.05) is 25.5 Å². The van der Waals surface area contributed by atoms with Crippen molar-refractivity contribution in [2.45, 2.75) is 19.4 Å². The number of hydrogen-bond acceptors (Lipinski definition) is 5. The molecule has 0 aliphatic carbocycles. The second kappa shape index (κ2) is 5.94. The van der Waals surface area contributed by atoms with E-state index in [2.05, 4.69) is 26.0 Å². The third-order valence-corrected chi connectivity index (χ3v) is 4.97. The lowest BCUT2D eigenvalue weighted by atomic mass is 10.3. The predicted octanol–water partition coefficient (Wildman–Crippen LogP) is 2.42. The number of aromatic nitrogens is 4. The molecule has 1 fully saturated rings. The fourth-order valence-corrected chi connectivity index (χ4v) is 3.59. The lowest BCUT2D eigenvalue weighted by Gasteiger charge is -2.17. The van der Waals surface area contributed by atoms with Crippen molar-refractivity contribution in [3.05, 3.63) is 60.3 Å². The van der Waals surface area contributed by atoms with Gasteiger partial charge in [-0.25, -0.2) is 9.67 Å². The van der Waals surface area contributed by atoms with Gasteiger partial charge >= 0.3 is 0 Å². The van der Waals surface area contributed by atoms with Gasteiger partial charge in [0.15, 0.2) is 5.82 Å². The molecule has 0 aromatic carbocycles. The Bertz CT molecular complexity index is 944. The largest absolute Gasteiger partial charge is 0.370 e. The Balaban J connectivity index is 1.39. The van der Waals surface area contributed by atoms with E-state index in [9.17, 15) is 4.79 Å². The van der Waals surface area contributed by atoms with Crippen LogP contribution in [0.5, 0.6) is 0 Å². The summed E-state index contributed by atoms with van der Waals surface area (Å²) in [6.45, 7) is 2.64. The summed E-state index contributed by atoms with van der Waals surface area (Å²) in [6.07, 6.45) is 9.52. The highest BCUT2D eigenvalue weighted by atomic mass is 16.2. The number of anilines is 2. The Morgan fingerprint density at radius 2 is 1.88 bits per heavy atom. The molecule has 130 valence electrons. The van der Waals surface area contributed by atoms with Crippen molar-refractivity contribution in [2.24, 2.45) is 0 Å². The first kappa shape index (κ1) is 15.1. The van der Waals surface area contributed by atoms with Crippen LogP contribution in [-0.4, -0.2) is 38.7 Å². The standard InChI is InChI=1S/C19H18N6O/c26-19-16-12-25(18-6-5-14(11-21-18)23-8-1-2-9-23)22-17(16)13-24(19)15-4-3-7-20-10-15/h3-7,10-12H,1-2,8-9,13H2. The number of pyridine rings is 2. The lowest BCUT2D eigenvalue weighted by Crippen LogP contribution is -2.24. The SMILES string of the molecule is O=C1c2cn(-c3ccc(N4CCCC4)cn3)nc2CN1c1cccnc1. The monoisotopic (exact) mass is 346 g/mol. The molecule has 1 saturated heterocycles. The number of rotatable bonds is 3. The molecule has 0 N–H and O–H groups in total. The van der Waals surface area contributed by atoms with Crippen LogP contribution in [0.2, 0.25) is 0 Å². The van der Waals surface area contributed by atoms with E-state index in [1.165, 1.54) is 12.8 Å². The zero-order valence-electron chi connectivity index (χ0n) is 14.2. The summed E-state index contributed by atoms with van der Waals surface area (Å²) in [5.74, 6) is 0.677. The van der Waals surface area contributed by atoms with E-state index in [1.54, 1.807) is 28.2 Å². The maximum atomic E-state index is 12.7. The zero-order valence-corrected chi connectivity index (χ0v) is 14.2. The number of hydrogen-bond donors (Lipinski definition) is 0. The van der Waals surface area contributed by atoms with E-state index in [0.717, 1.165) is 36.0 Å². The van der Waals surface area contributed by atoms with Crippen LogP contribution in [0.3, 0.4) is 0 Å². The van der Waals surface area contributed by atoms with Crippen LogP contribution in [-0.2, 0) is 6.54 Å². The highest BCUT2D eigenvalue weighted by molar-refractivity contribution is 6.09. The van der Waals surface area contributed by atoms with Gasteiger partial charge < -0.3 is 9.80 Å². The number of carbonyl (C=O) groups excluding carboxylic acids is 1. The molecule has 3 aromatic heterocycles. The Kier molecular flexibility index (Phi) is 3.44. The second-order valence-electron chi connectivity index (χ2n) is 6.61. The molecule has 26 heavy (non-hydrogen) atoms. The first-order chi connectivity index (χ1) is 12.8. The topological polar surface area (TPSA) is 67.2 Å². The predicted molar refractivity (Wildman–Crippen MR) is 97.6 cm³/mol. The van der Waals surface area contributed by atoms with Crippen molar-refractivity contribution in [1.29, 1.82) is 0 Å². The van der Waals surface area contributed by atoms with Gasteiger partial charge in [-0.05, 0) is 37.1 Å². The molecule has 7 nitrogen and oxygen atoms in total. The minimum absolute atomic E-state index is 0.0482. The molecule has 3 aromatic rings. The fraction of sp³-hybridized carbons (Fsp3) is 0.263. The third kappa shape index (κ3) is 2.44. The van der Waals surface area contributed by atoms with E-state index in [0.29, 0.717) is 12.1 Å². The number of fused-ring (bicyclic) bond motifs is 1. The highest BCUT2D eigenvalue weighted by Crippen LogP contribution is 2.27. The maximum Gasteiger partial charge on any atom is 0.262 e. The number of nitrogens with zero attached hydrogens (tertiary/aromatic N) is 6. The molecule has 0 spiro atoms. The number of carbonyl (C=O) groups is 1. The van der Waals surface area contributed by atoms with Gasteiger partial charge in [0.1, 0.15) is 0 Å². The molecule has 7 heteroatoms. The molecule has 0 atom stereocenters. The minimum atomic E-state index is -0.0482. The average Bonchev–Trinajstić information content (AvgIpc) is 3.41. The van der Waals surface area contributed by atoms with Gasteiger partial charge in [-0.15, -0.1) is 0 Å². The summed E-state index contributed by atoms with van der Waals surface area (Å²) in [4.78, 5) is 25.3. The minimum Gasteiger partial charge on any atom is -0.370 e. The van der Waals surface area contributed by atoms with Crippen LogP contribution in [0.4, 0.5) is 11.4 Å². The fourth-order valence-electron chi connectivity index (χ4n) is 3.59. The Labute approximate surface area is 150 Å². The molecule has 0 unspecified atom stereocenters. The van der Waals surface area contributed by atoms with Crippen LogP contribution in [0.1, 0.15) is 28.9 Å². The van der Waals surface area contributed by atoms with E-state index in [4.69, 9.17) is 0 Å². The van der Waals surface area contributed by atoms with Gasteiger partial charge in [-0.1, -0.05) is 0 Å². The first-order valence-corrected chi connectivity index (χ1v) is 8.81. The number of amides is 1. The summed E-state index contributed by atoms with van der Waals surface area (Å²) < 4.78 is 1.69. The van der Waals surface area contributed by atoms with Crippen molar-refractivity contribution in [2.75, 3.05) is 22.9 Å². The molecule has 0 saturated carbocycles. The van der Waals surface area contributed by atoms with Crippen LogP contribution in [0.25, 0.3) is 5.82 Å². The molecular formula is C19H18N6O. The van der Waals surface area contributed by atoms with E-state index in [1.807, 2.05) is 24.4 Å². The average molecular weight is 346 g/mol. The van der Waals surface area contributed by atoms with Crippen LogP contribution in [0.15, 0.2) is 49.1 Å². The maximum absolute atomic E-state index is 12.7.